The number of benzene rings is 1. The largest absolute Gasteiger partial charge is 0.324 e. The molecule has 0 spiro atoms. The molecule has 0 unspecified atom stereocenters. The molecule has 0 heterocycles. The van der Waals surface area contributed by atoms with E-state index in [-0.39, 0.29) is 18.4 Å². The van der Waals surface area contributed by atoms with Gasteiger partial charge >= 0.3 is 0 Å². The second-order valence-corrected chi connectivity index (χ2v) is 2.72. The third kappa shape index (κ3) is 2.70. The monoisotopic (exact) mass is 191 g/mol. The van der Waals surface area contributed by atoms with Gasteiger partial charge in [0.15, 0.2) is 0 Å². The summed E-state index contributed by atoms with van der Waals surface area (Å²) in [7, 11) is 0. The molecule has 1 nitrogen and oxygen atoms in total. The fourth-order valence-corrected chi connectivity index (χ4v) is 1.15. The van der Waals surface area contributed by atoms with Gasteiger partial charge in [-0.05, 0) is 18.6 Å². The summed E-state index contributed by atoms with van der Waals surface area (Å²) in [6.45, 7) is 1.92. The van der Waals surface area contributed by atoms with Gasteiger partial charge in [-0.15, -0.1) is 12.4 Å². The van der Waals surface area contributed by atoms with Gasteiger partial charge < -0.3 is 5.73 Å². The Hall–Kier alpha value is -0.240. The van der Waals surface area contributed by atoms with Crippen LogP contribution in [0.5, 0.6) is 0 Å². The first-order valence-corrected chi connectivity index (χ1v) is 3.59. The molecule has 1 aromatic rings. The van der Waals surface area contributed by atoms with Crippen LogP contribution in [0.2, 0.25) is 5.02 Å². The van der Waals surface area contributed by atoms with Crippen LogP contribution in [0.15, 0.2) is 24.3 Å². The van der Waals surface area contributed by atoms with Gasteiger partial charge in [0.05, 0.1) is 0 Å². The summed E-state index contributed by atoms with van der Waals surface area (Å²) in [5.41, 5.74) is 6.63. The van der Waals surface area contributed by atoms with Gasteiger partial charge in [-0.25, -0.2) is 0 Å². The van der Waals surface area contributed by atoms with E-state index in [1.807, 2.05) is 31.2 Å². The summed E-state index contributed by atoms with van der Waals surface area (Å²) in [6, 6.07) is 7.64. The summed E-state index contributed by atoms with van der Waals surface area (Å²) in [5, 5.41) is 0.748. The maximum absolute atomic E-state index is 5.84. The standard InChI is InChI=1S/C8H10ClN.ClH/c1-6(10)7-4-2-3-5-8(7)9;/h2-6H,10H2,1H3;1H/t6-;/m1./s1. The van der Waals surface area contributed by atoms with Crippen LogP contribution in [-0.4, -0.2) is 0 Å². The van der Waals surface area contributed by atoms with E-state index in [0.717, 1.165) is 10.6 Å². The molecule has 0 saturated heterocycles. The number of hydrogen-bond acceptors (Lipinski definition) is 1. The van der Waals surface area contributed by atoms with Gasteiger partial charge in [-0.2, -0.15) is 0 Å². The van der Waals surface area contributed by atoms with Gasteiger partial charge in [0, 0.05) is 11.1 Å². The molecule has 1 aromatic carbocycles. The van der Waals surface area contributed by atoms with Crippen LogP contribution in [0.4, 0.5) is 0 Å². The van der Waals surface area contributed by atoms with Crippen LogP contribution in [0.1, 0.15) is 18.5 Å². The van der Waals surface area contributed by atoms with E-state index in [9.17, 15) is 0 Å². The van der Waals surface area contributed by atoms with Crippen LogP contribution in [-0.2, 0) is 0 Å². The van der Waals surface area contributed by atoms with E-state index >= 15 is 0 Å². The van der Waals surface area contributed by atoms with Crippen molar-refractivity contribution in [1.82, 2.24) is 0 Å². The molecular formula is C8H11Cl2N. The molecule has 11 heavy (non-hydrogen) atoms. The molecule has 0 aliphatic rings. The van der Waals surface area contributed by atoms with Gasteiger partial charge in [0.1, 0.15) is 0 Å². The topological polar surface area (TPSA) is 26.0 Å². The quantitative estimate of drug-likeness (QED) is 0.727. The Morgan fingerprint density at radius 1 is 1.36 bits per heavy atom. The van der Waals surface area contributed by atoms with Crippen LogP contribution in [0.3, 0.4) is 0 Å². The molecule has 0 aliphatic carbocycles. The van der Waals surface area contributed by atoms with Crippen molar-refractivity contribution in [3.63, 3.8) is 0 Å². The van der Waals surface area contributed by atoms with Crippen LogP contribution >= 0.6 is 24.0 Å². The van der Waals surface area contributed by atoms with Crippen molar-refractivity contribution in [2.75, 3.05) is 0 Å². The Balaban J connectivity index is 0.000001000. The molecule has 0 aromatic heterocycles. The molecule has 0 radical (unpaired) electrons. The van der Waals surface area contributed by atoms with E-state index in [0.29, 0.717) is 0 Å². The minimum atomic E-state index is 0. The second-order valence-electron chi connectivity index (χ2n) is 2.31. The highest BCUT2D eigenvalue weighted by Crippen LogP contribution is 2.19. The normalized spacial score (nSPS) is 11.9. The van der Waals surface area contributed by atoms with Gasteiger partial charge in [0.25, 0.3) is 0 Å². The molecule has 0 amide bonds. The first-order chi connectivity index (χ1) is 4.72. The Morgan fingerprint density at radius 2 is 1.91 bits per heavy atom. The van der Waals surface area contributed by atoms with Crippen molar-refractivity contribution in [3.05, 3.63) is 34.9 Å². The minimum absolute atomic E-state index is 0. The zero-order chi connectivity index (χ0) is 7.56. The van der Waals surface area contributed by atoms with E-state index in [1.54, 1.807) is 0 Å². The first-order valence-electron chi connectivity index (χ1n) is 3.22. The minimum Gasteiger partial charge on any atom is -0.324 e. The van der Waals surface area contributed by atoms with E-state index in [1.165, 1.54) is 0 Å². The molecule has 1 rings (SSSR count). The van der Waals surface area contributed by atoms with Crippen molar-refractivity contribution < 1.29 is 0 Å². The highest BCUT2D eigenvalue weighted by atomic mass is 35.5. The number of halogens is 2. The SMILES string of the molecule is C[C@@H](N)c1ccccc1Cl.Cl. The first kappa shape index (κ1) is 10.8. The predicted molar refractivity (Wildman–Crippen MR) is 51.3 cm³/mol. The highest BCUT2D eigenvalue weighted by molar-refractivity contribution is 6.31. The van der Waals surface area contributed by atoms with Crippen molar-refractivity contribution in [2.45, 2.75) is 13.0 Å². The fourth-order valence-electron chi connectivity index (χ4n) is 0.844. The third-order valence-corrected chi connectivity index (χ3v) is 1.74. The van der Waals surface area contributed by atoms with Crippen molar-refractivity contribution in [3.8, 4) is 0 Å². The molecular weight excluding hydrogens is 181 g/mol. The summed E-state index contributed by atoms with van der Waals surface area (Å²) in [6.07, 6.45) is 0. The van der Waals surface area contributed by atoms with E-state index in [2.05, 4.69) is 0 Å². The summed E-state index contributed by atoms with van der Waals surface area (Å²) in [4.78, 5) is 0. The van der Waals surface area contributed by atoms with Gasteiger partial charge in [-0.1, -0.05) is 29.8 Å². The Bertz CT molecular complexity index is 223. The zero-order valence-electron chi connectivity index (χ0n) is 6.25. The molecule has 0 fully saturated rings. The van der Waals surface area contributed by atoms with Crippen LogP contribution < -0.4 is 5.73 Å². The maximum Gasteiger partial charge on any atom is 0.0453 e. The predicted octanol–water partition coefficient (Wildman–Crippen LogP) is 2.78. The van der Waals surface area contributed by atoms with Crippen LogP contribution in [0, 0.1) is 0 Å². The summed E-state index contributed by atoms with van der Waals surface area (Å²) < 4.78 is 0. The maximum atomic E-state index is 5.84. The van der Waals surface area contributed by atoms with E-state index < -0.39 is 0 Å². The number of rotatable bonds is 1. The van der Waals surface area contributed by atoms with Crippen molar-refractivity contribution >= 4 is 24.0 Å². The van der Waals surface area contributed by atoms with Gasteiger partial charge in [0.2, 0.25) is 0 Å². The summed E-state index contributed by atoms with van der Waals surface area (Å²) in [5.74, 6) is 0. The van der Waals surface area contributed by atoms with Crippen LogP contribution in [0.25, 0.3) is 0 Å². The molecule has 1 atom stereocenters. The molecule has 62 valence electrons. The van der Waals surface area contributed by atoms with E-state index in [4.69, 9.17) is 17.3 Å². The average Bonchev–Trinajstić information content (AvgIpc) is 1.88. The lowest BCUT2D eigenvalue weighted by Gasteiger charge is -2.05. The highest BCUT2D eigenvalue weighted by Gasteiger charge is 2.01. The smallest absolute Gasteiger partial charge is 0.0453 e. The average molecular weight is 192 g/mol. The Morgan fingerprint density at radius 3 is 2.27 bits per heavy atom. The fraction of sp³-hybridized carbons (Fsp3) is 0.250. The molecule has 0 aliphatic heterocycles. The third-order valence-electron chi connectivity index (χ3n) is 1.40. The number of hydrogen-bond donors (Lipinski definition) is 1. The Kier molecular flexibility index (Phi) is 4.50. The molecule has 0 bridgehead atoms. The van der Waals surface area contributed by atoms with Crippen molar-refractivity contribution in [2.24, 2.45) is 5.73 Å². The molecule has 0 saturated carbocycles. The molecule has 3 heteroatoms. The zero-order valence-corrected chi connectivity index (χ0v) is 7.82. The van der Waals surface area contributed by atoms with Gasteiger partial charge in [-0.3, -0.25) is 0 Å². The second kappa shape index (κ2) is 4.60. The number of nitrogens with two attached hydrogens (primary N) is 1. The molecule has 2 N–H and O–H groups in total. The lowest BCUT2D eigenvalue weighted by molar-refractivity contribution is 0.818. The summed E-state index contributed by atoms with van der Waals surface area (Å²) >= 11 is 5.84. The van der Waals surface area contributed by atoms with Crippen molar-refractivity contribution in [1.29, 1.82) is 0 Å². The lowest BCUT2D eigenvalue weighted by atomic mass is 10.1. The Labute approximate surface area is 78.0 Å². The lowest BCUT2D eigenvalue weighted by Crippen LogP contribution is -2.04.